The fourth-order valence-corrected chi connectivity index (χ4v) is 4.87. The van der Waals surface area contributed by atoms with Crippen LogP contribution in [0.15, 0.2) is 48.5 Å². The van der Waals surface area contributed by atoms with E-state index in [-0.39, 0.29) is 14.7 Å². The summed E-state index contributed by atoms with van der Waals surface area (Å²) in [5.74, 6) is 0. The Kier molecular flexibility index (Phi) is 2.93. The molecule has 0 amide bonds. The van der Waals surface area contributed by atoms with Crippen LogP contribution in [-0.4, -0.2) is 18.3 Å². The summed E-state index contributed by atoms with van der Waals surface area (Å²) in [4.78, 5) is 0. The molecule has 2 aromatic carbocycles. The van der Waals surface area contributed by atoms with Crippen molar-refractivity contribution < 1.29 is 0 Å². The molecule has 0 unspecified atom stereocenters. The van der Waals surface area contributed by atoms with Crippen molar-refractivity contribution in [2.24, 2.45) is 0 Å². The number of fused-ring (bicyclic) bond motifs is 1. The van der Waals surface area contributed by atoms with Crippen LogP contribution in [-0.2, 0) is 0 Å². The van der Waals surface area contributed by atoms with E-state index in [4.69, 9.17) is 23.8 Å². The standard InChI is InChI=1S/C13H8ClNSSe/c14-9-6-7-11-12(8-9)17-15(13(11)16)10-4-2-1-3-5-10/h1-8H. The Morgan fingerprint density at radius 1 is 1.06 bits per heavy atom. The van der Waals surface area contributed by atoms with Gasteiger partial charge in [-0.3, -0.25) is 0 Å². The van der Waals surface area contributed by atoms with Crippen LogP contribution in [0.1, 0.15) is 0 Å². The number of benzene rings is 2. The molecule has 4 heteroatoms. The van der Waals surface area contributed by atoms with Crippen molar-refractivity contribution >= 4 is 48.2 Å². The fourth-order valence-electron chi connectivity index (χ4n) is 1.73. The van der Waals surface area contributed by atoms with E-state index in [9.17, 15) is 0 Å². The summed E-state index contributed by atoms with van der Waals surface area (Å²) in [5, 5.41) is 1.93. The van der Waals surface area contributed by atoms with Crippen LogP contribution in [0.25, 0.3) is 15.3 Å². The van der Waals surface area contributed by atoms with Gasteiger partial charge in [-0.15, -0.1) is 0 Å². The summed E-state index contributed by atoms with van der Waals surface area (Å²) in [7, 11) is 0. The molecule has 3 aromatic rings. The molecule has 0 fully saturated rings. The van der Waals surface area contributed by atoms with Crippen molar-refractivity contribution in [3.8, 4) is 5.69 Å². The second-order valence-electron chi connectivity index (χ2n) is 3.67. The molecule has 1 aromatic heterocycles. The third-order valence-corrected chi connectivity index (χ3v) is 5.77. The zero-order valence-electron chi connectivity index (χ0n) is 8.76. The van der Waals surface area contributed by atoms with Crippen LogP contribution < -0.4 is 0 Å². The van der Waals surface area contributed by atoms with E-state index in [0.717, 1.165) is 20.7 Å². The zero-order valence-corrected chi connectivity index (χ0v) is 12.0. The van der Waals surface area contributed by atoms with Gasteiger partial charge in [0.1, 0.15) is 0 Å². The SMILES string of the molecule is S=c1c2ccc(Cl)cc2[se]n1-c1ccccc1. The van der Waals surface area contributed by atoms with E-state index in [2.05, 4.69) is 15.7 Å². The summed E-state index contributed by atoms with van der Waals surface area (Å²) in [6.07, 6.45) is 0. The second kappa shape index (κ2) is 4.43. The van der Waals surface area contributed by atoms with Gasteiger partial charge in [-0.05, 0) is 0 Å². The van der Waals surface area contributed by atoms with Crippen LogP contribution >= 0.6 is 23.8 Å². The molecule has 84 valence electrons. The fraction of sp³-hybridized carbons (Fsp3) is 0. The molecule has 0 saturated carbocycles. The first-order chi connectivity index (χ1) is 8.25. The van der Waals surface area contributed by atoms with E-state index in [0.29, 0.717) is 0 Å². The molecule has 0 aliphatic rings. The first-order valence-electron chi connectivity index (χ1n) is 5.13. The molecule has 0 aliphatic carbocycles. The minimum absolute atomic E-state index is 0.193. The van der Waals surface area contributed by atoms with Crippen molar-refractivity contribution in [3.05, 3.63) is 58.2 Å². The number of hydrogen-bond donors (Lipinski definition) is 0. The molecule has 0 bridgehead atoms. The molecule has 17 heavy (non-hydrogen) atoms. The number of rotatable bonds is 1. The Bertz CT molecular complexity index is 730. The first kappa shape index (κ1) is 11.2. The van der Waals surface area contributed by atoms with Gasteiger partial charge < -0.3 is 0 Å². The van der Waals surface area contributed by atoms with Crippen molar-refractivity contribution in [2.75, 3.05) is 0 Å². The van der Waals surface area contributed by atoms with E-state index in [1.807, 2.05) is 36.4 Å². The van der Waals surface area contributed by atoms with E-state index >= 15 is 0 Å². The Balaban J connectivity index is 2.32. The summed E-state index contributed by atoms with van der Waals surface area (Å²) < 4.78 is 4.37. The van der Waals surface area contributed by atoms with Gasteiger partial charge in [0.2, 0.25) is 0 Å². The monoisotopic (exact) mass is 325 g/mol. The molecule has 0 atom stereocenters. The molecule has 0 N–H and O–H groups in total. The molecule has 1 nitrogen and oxygen atoms in total. The Morgan fingerprint density at radius 2 is 1.82 bits per heavy atom. The van der Waals surface area contributed by atoms with Crippen molar-refractivity contribution in [2.45, 2.75) is 0 Å². The van der Waals surface area contributed by atoms with Gasteiger partial charge in [0.25, 0.3) is 0 Å². The van der Waals surface area contributed by atoms with E-state index in [1.54, 1.807) is 0 Å². The number of para-hydroxylation sites is 1. The van der Waals surface area contributed by atoms with Crippen molar-refractivity contribution in [1.29, 1.82) is 0 Å². The molecule has 1 heterocycles. The van der Waals surface area contributed by atoms with Crippen LogP contribution in [0.5, 0.6) is 0 Å². The van der Waals surface area contributed by atoms with Gasteiger partial charge in [-0.25, -0.2) is 0 Å². The van der Waals surface area contributed by atoms with Gasteiger partial charge >= 0.3 is 116 Å². The normalized spacial score (nSPS) is 10.9. The Morgan fingerprint density at radius 3 is 2.59 bits per heavy atom. The maximum absolute atomic E-state index is 6.01. The summed E-state index contributed by atoms with van der Waals surface area (Å²) in [6, 6.07) is 16.2. The maximum atomic E-state index is 6.01. The number of aromatic nitrogens is 1. The molecule has 0 aliphatic heterocycles. The van der Waals surface area contributed by atoms with Crippen molar-refractivity contribution in [3.63, 3.8) is 0 Å². The number of hydrogen-bond acceptors (Lipinski definition) is 1. The van der Waals surface area contributed by atoms with Crippen molar-refractivity contribution in [1.82, 2.24) is 3.56 Å². The number of halogens is 1. The van der Waals surface area contributed by atoms with Crippen LogP contribution in [0.2, 0.25) is 5.02 Å². The van der Waals surface area contributed by atoms with E-state index < -0.39 is 0 Å². The van der Waals surface area contributed by atoms with Crippen LogP contribution in [0, 0.1) is 4.64 Å². The summed E-state index contributed by atoms with van der Waals surface area (Å²) in [5.41, 5.74) is 1.16. The average molecular weight is 325 g/mol. The predicted octanol–water partition coefficient (Wildman–Crippen LogP) is 4.07. The van der Waals surface area contributed by atoms with Gasteiger partial charge in [-0.1, -0.05) is 0 Å². The summed E-state index contributed by atoms with van der Waals surface area (Å²) in [6.45, 7) is 0. The van der Waals surface area contributed by atoms with Crippen LogP contribution in [0.3, 0.4) is 0 Å². The molecule has 0 saturated heterocycles. The molecular weight excluding hydrogens is 317 g/mol. The third-order valence-electron chi connectivity index (χ3n) is 2.54. The van der Waals surface area contributed by atoms with Gasteiger partial charge in [-0.2, -0.15) is 0 Å². The first-order valence-corrected chi connectivity index (χ1v) is 7.53. The topological polar surface area (TPSA) is 4.93 Å². The third kappa shape index (κ3) is 2.00. The average Bonchev–Trinajstić information content (AvgIpc) is 2.67. The van der Waals surface area contributed by atoms with Gasteiger partial charge in [0, 0.05) is 0 Å². The second-order valence-corrected chi connectivity index (χ2v) is 6.56. The molecule has 0 radical (unpaired) electrons. The Labute approximate surface area is 115 Å². The quantitative estimate of drug-likeness (QED) is 0.482. The Hall–Kier alpha value is -0.861. The van der Waals surface area contributed by atoms with Gasteiger partial charge in [0.15, 0.2) is 0 Å². The summed E-state index contributed by atoms with van der Waals surface area (Å²) >= 11 is 11.7. The molecule has 0 spiro atoms. The zero-order chi connectivity index (χ0) is 11.8. The minimum atomic E-state index is 0.193. The predicted molar refractivity (Wildman–Crippen MR) is 76.1 cm³/mol. The van der Waals surface area contributed by atoms with Gasteiger partial charge in [0.05, 0.1) is 0 Å². The number of nitrogens with zero attached hydrogens (tertiary/aromatic N) is 1. The molecular formula is C13H8ClNSSe. The van der Waals surface area contributed by atoms with Crippen LogP contribution in [0.4, 0.5) is 0 Å². The molecule has 3 rings (SSSR count). The van der Waals surface area contributed by atoms with E-state index in [1.165, 1.54) is 4.26 Å².